The molecule has 0 saturated carbocycles. The van der Waals surface area contributed by atoms with E-state index in [1.165, 1.54) is 13.8 Å². The second kappa shape index (κ2) is 6.43. The molecular formula is C9H11NO5. The first kappa shape index (κ1) is 13.0. The molecule has 82 valence electrons. The van der Waals surface area contributed by atoms with E-state index < -0.39 is 17.8 Å². The molecule has 0 atom stereocenters. The van der Waals surface area contributed by atoms with Crippen molar-refractivity contribution in [3.63, 3.8) is 0 Å². The molecule has 0 heterocycles. The van der Waals surface area contributed by atoms with Crippen LogP contribution in [0.4, 0.5) is 0 Å². The van der Waals surface area contributed by atoms with Gasteiger partial charge in [-0.15, -0.1) is 6.42 Å². The van der Waals surface area contributed by atoms with Crippen LogP contribution in [0.2, 0.25) is 0 Å². The van der Waals surface area contributed by atoms with Crippen LogP contribution in [-0.4, -0.2) is 23.1 Å². The molecule has 0 radical (unpaired) electrons. The van der Waals surface area contributed by atoms with Crippen molar-refractivity contribution in [1.29, 1.82) is 0 Å². The molecule has 0 aromatic heterocycles. The maximum atomic E-state index is 11.0. The summed E-state index contributed by atoms with van der Waals surface area (Å²) in [6.07, 6.45) is 4.84. The Kier molecular flexibility index (Phi) is 5.56. The van der Waals surface area contributed by atoms with Crippen LogP contribution in [0.15, 0.2) is 0 Å². The van der Waals surface area contributed by atoms with Crippen molar-refractivity contribution in [3.8, 4) is 12.3 Å². The van der Waals surface area contributed by atoms with Gasteiger partial charge in [-0.1, -0.05) is 13.8 Å². The summed E-state index contributed by atoms with van der Waals surface area (Å²) in [7, 11) is 0. The molecular weight excluding hydrogens is 202 g/mol. The number of rotatable bonds is 2. The van der Waals surface area contributed by atoms with Crippen molar-refractivity contribution in [2.45, 2.75) is 26.7 Å². The van der Waals surface area contributed by atoms with Crippen LogP contribution in [0.5, 0.6) is 0 Å². The van der Waals surface area contributed by atoms with Gasteiger partial charge in [0.25, 0.3) is 0 Å². The van der Waals surface area contributed by atoms with Gasteiger partial charge in [0.2, 0.25) is 0 Å². The van der Waals surface area contributed by atoms with E-state index >= 15 is 0 Å². The molecule has 15 heavy (non-hydrogen) atoms. The zero-order chi connectivity index (χ0) is 11.8. The fourth-order valence-corrected chi connectivity index (χ4v) is 0.468. The van der Waals surface area contributed by atoms with E-state index in [0.29, 0.717) is 0 Å². The van der Waals surface area contributed by atoms with E-state index in [4.69, 9.17) is 6.42 Å². The molecule has 1 amide bonds. The van der Waals surface area contributed by atoms with Crippen LogP contribution in [0.25, 0.3) is 0 Å². The number of amides is 1. The average Bonchev–Trinajstić information content (AvgIpc) is 2.26. The lowest BCUT2D eigenvalue weighted by molar-refractivity contribution is -0.302. The molecule has 0 bridgehead atoms. The zero-order valence-corrected chi connectivity index (χ0v) is 8.48. The minimum absolute atomic E-state index is 0.0258. The molecule has 0 unspecified atom stereocenters. The van der Waals surface area contributed by atoms with Crippen LogP contribution in [0.3, 0.4) is 0 Å². The molecule has 0 saturated heterocycles. The van der Waals surface area contributed by atoms with Crippen molar-refractivity contribution in [2.24, 2.45) is 0 Å². The second-order valence-corrected chi connectivity index (χ2v) is 2.34. The largest absolute Gasteiger partial charge is 0.370 e. The van der Waals surface area contributed by atoms with Gasteiger partial charge >= 0.3 is 17.8 Å². The average molecular weight is 213 g/mol. The number of carbonyl (C=O) groups is 3. The molecule has 0 rings (SSSR count). The first-order valence-corrected chi connectivity index (χ1v) is 4.27. The highest BCUT2D eigenvalue weighted by Crippen LogP contribution is 1.98. The Morgan fingerprint density at radius 2 is 1.53 bits per heavy atom. The Hall–Kier alpha value is -2.03. The topological polar surface area (TPSA) is 72.9 Å². The van der Waals surface area contributed by atoms with Gasteiger partial charge in [0.15, 0.2) is 0 Å². The van der Waals surface area contributed by atoms with Gasteiger partial charge in [-0.25, -0.2) is 9.59 Å². The van der Waals surface area contributed by atoms with Crippen molar-refractivity contribution in [1.82, 2.24) is 5.23 Å². The maximum absolute atomic E-state index is 11.0. The summed E-state index contributed by atoms with van der Waals surface area (Å²) in [6, 6.07) is 0. The van der Waals surface area contributed by atoms with Gasteiger partial charge in [0, 0.05) is 18.1 Å². The Labute approximate surface area is 87.0 Å². The van der Waals surface area contributed by atoms with Crippen molar-refractivity contribution in [2.75, 3.05) is 0 Å². The molecule has 0 spiro atoms. The lowest BCUT2D eigenvalue weighted by atomic mass is 10.5. The summed E-state index contributed by atoms with van der Waals surface area (Å²) < 4.78 is 0. The van der Waals surface area contributed by atoms with E-state index in [-0.39, 0.29) is 18.1 Å². The van der Waals surface area contributed by atoms with Crippen LogP contribution in [0, 0.1) is 12.3 Å². The third-order valence-corrected chi connectivity index (χ3v) is 1.24. The molecule has 0 aromatic rings. The monoisotopic (exact) mass is 213 g/mol. The molecule has 0 fully saturated rings. The number of terminal acetylenes is 1. The van der Waals surface area contributed by atoms with E-state index in [9.17, 15) is 14.4 Å². The second-order valence-electron chi connectivity index (χ2n) is 2.34. The lowest BCUT2D eigenvalue weighted by Crippen LogP contribution is -2.34. The first-order chi connectivity index (χ1) is 7.04. The number of carbonyl (C=O) groups excluding carboxylic acids is 3. The lowest BCUT2D eigenvalue weighted by Gasteiger charge is -2.15. The van der Waals surface area contributed by atoms with E-state index in [2.05, 4.69) is 9.68 Å². The van der Waals surface area contributed by atoms with Gasteiger partial charge in [-0.2, -0.15) is 0 Å². The minimum atomic E-state index is -1.06. The summed E-state index contributed by atoms with van der Waals surface area (Å²) in [5, 5.41) is 0.109. The predicted octanol–water partition coefficient (Wildman–Crippen LogP) is 0.185. The number of nitrogens with zero attached hydrogens (tertiary/aromatic N) is 1. The predicted molar refractivity (Wildman–Crippen MR) is 48.4 cm³/mol. The third-order valence-electron chi connectivity index (χ3n) is 1.24. The highest BCUT2D eigenvalue weighted by atomic mass is 17.0. The quantitative estimate of drug-likeness (QED) is 0.483. The highest BCUT2D eigenvalue weighted by Gasteiger charge is 2.20. The number of hydroxylamine groups is 2. The van der Waals surface area contributed by atoms with Gasteiger partial charge < -0.3 is 9.68 Å². The van der Waals surface area contributed by atoms with Gasteiger partial charge in [-0.3, -0.25) is 4.79 Å². The van der Waals surface area contributed by atoms with Crippen LogP contribution >= 0.6 is 0 Å². The van der Waals surface area contributed by atoms with Gasteiger partial charge in [0.05, 0.1) is 0 Å². The van der Waals surface area contributed by atoms with Gasteiger partial charge in [-0.05, 0) is 5.92 Å². The Balaban J connectivity index is 4.46. The normalized spacial score (nSPS) is 8.60. The summed E-state index contributed by atoms with van der Waals surface area (Å²) in [6.45, 7) is 3.03. The smallest absolute Gasteiger partial charge is 0.302 e. The molecule has 6 nitrogen and oxygen atoms in total. The number of hydrogen-bond donors (Lipinski definition) is 0. The fraction of sp³-hybridized carbons (Fsp3) is 0.444. The van der Waals surface area contributed by atoms with Gasteiger partial charge in [0.1, 0.15) is 0 Å². The standard InChI is InChI=1S/C9H11NO5/c1-4-7(11)10(14-8(12)5-2)15-9(13)6-3/h1H,5-6H2,2-3H3. The zero-order valence-electron chi connectivity index (χ0n) is 8.48. The molecule has 0 N–H and O–H groups in total. The Morgan fingerprint density at radius 1 is 1.13 bits per heavy atom. The molecule has 0 aliphatic carbocycles. The summed E-state index contributed by atoms with van der Waals surface area (Å²) in [5.41, 5.74) is 0. The minimum Gasteiger partial charge on any atom is -0.302 e. The Bertz CT molecular complexity index is 286. The molecule has 0 aliphatic rings. The van der Waals surface area contributed by atoms with Crippen molar-refractivity contribution >= 4 is 17.8 Å². The Morgan fingerprint density at radius 3 is 1.80 bits per heavy atom. The van der Waals surface area contributed by atoms with Crippen LogP contribution < -0.4 is 0 Å². The SMILES string of the molecule is C#CC(=O)N(OC(=O)CC)OC(=O)CC. The first-order valence-electron chi connectivity index (χ1n) is 4.27. The van der Waals surface area contributed by atoms with E-state index in [1.807, 2.05) is 0 Å². The van der Waals surface area contributed by atoms with Crippen LogP contribution in [-0.2, 0) is 24.1 Å². The molecule has 0 aromatic carbocycles. The van der Waals surface area contributed by atoms with Crippen LogP contribution in [0.1, 0.15) is 26.7 Å². The molecule has 6 heteroatoms. The van der Waals surface area contributed by atoms with E-state index in [1.54, 1.807) is 5.92 Å². The summed E-state index contributed by atoms with van der Waals surface area (Å²) in [5.74, 6) is -0.868. The summed E-state index contributed by atoms with van der Waals surface area (Å²) >= 11 is 0. The summed E-state index contributed by atoms with van der Waals surface area (Å²) in [4.78, 5) is 41.4. The number of hydrogen-bond acceptors (Lipinski definition) is 5. The van der Waals surface area contributed by atoms with Crippen molar-refractivity contribution in [3.05, 3.63) is 0 Å². The fourth-order valence-electron chi connectivity index (χ4n) is 0.468. The van der Waals surface area contributed by atoms with E-state index in [0.717, 1.165) is 0 Å². The van der Waals surface area contributed by atoms with Crippen molar-refractivity contribution < 1.29 is 24.1 Å². The highest BCUT2D eigenvalue weighted by molar-refractivity contribution is 5.92. The molecule has 0 aliphatic heterocycles. The maximum Gasteiger partial charge on any atom is 0.370 e. The third kappa shape index (κ3) is 4.67.